The van der Waals surface area contributed by atoms with Crippen molar-refractivity contribution in [3.05, 3.63) is 17.4 Å². The molecule has 0 saturated heterocycles. The summed E-state index contributed by atoms with van der Waals surface area (Å²) < 4.78 is 30.7. The Morgan fingerprint density at radius 1 is 1.45 bits per heavy atom. The van der Waals surface area contributed by atoms with Crippen LogP contribution in [-0.4, -0.2) is 34.0 Å². The Morgan fingerprint density at radius 2 is 2.14 bits per heavy atom. The Hall–Kier alpha value is -1.09. The molecule has 1 fully saturated rings. The molecule has 1 aliphatic rings. The van der Waals surface area contributed by atoms with Gasteiger partial charge in [-0.25, -0.2) is 13.1 Å². The molecule has 126 valence electrons. The van der Waals surface area contributed by atoms with Gasteiger partial charge in [-0.15, -0.1) is 12.4 Å². The first-order valence-corrected chi connectivity index (χ1v) is 8.42. The summed E-state index contributed by atoms with van der Waals surface area (Å²) in [6.07, 6.45) is 2.94. The fourth-order valence-corrected chi connectivity index (χ4v) is 3.38. The monoisotopic (exact) mass is 351 g/mol. The molecule has 1 saturated carbocycles. The maximum Gasteiger partial charge on any atom is 0.273 e. The van der Waals surface area contributed by atoms with Gasteiger partial charge in [-0.2, -0.15) is 0 Å². The van der Waals surface area contributed by atoms with Crippen molar-refractivity contribution in [2.75, 3.05) is 13.6 Å². The van der Waals surface area contributed by atoms with Gasteiger partial charge in [0.25, 0.3) is 15.9 Å². The van der Waals surface area contributed by atoms with E-state index in [1.165, 1.54) is 13.1 Å². The molecule has 7 nitrogen and oxygen atoms in total. The third kappa shape index (κ3) is 3.81. The van der Waals surface area contributed by atoms with E-state index in [4.69, 9.17) is 10.2 Å². The largest absolute Gasteiger partial charge is 0.448 e. The van der Waals surface area contributed by atoms with Crippen LogP contribution in [0.1, 0.15) is 35.4 Å². The molecule has 0 spiro atoms. The first-order chi connectivity index (χ1) is 9.89. The lowest BCUT2D eigenvalue weighted by molar-refractivity contribution is 0.0927. The first-order valence-electron chi connectivity index (χ1n) is 6.94. The summed E-state index contributed by atoms with van der Waals surface area (Å²) in [5, 5.41) is 2.67. The topological polar surface area (TPSA) is 114 Å². The number of furan rings is 1. The van der Waals surface area contributed by atoms with Crippen LogP contribution in [0.3, 0.4) is 0 Å². The zero-order valence-corrected chi connectivity index (χ0v) is 14.2. The van der Waals surface area contributed by atoms with Gasteiger partial charge in [0.05, 0.1) is 5.56 Å². The quantitative estimate of drug-likeness (QED) is 0.725. The van der Waals surface area contributed by atoms with Gasteiger partial charge in [-0.05, 0) is 39.3 Å². The van der Waals surface area contributed by atoms with E-state index in [0.717, 1.165) is 19.3 Å². The van der Waals surface area contributed by atoms with Gasteiger partial charge in [0, 0.05) is 12.1 Å². The summed E-state index contributed by atoms with van der Waals surface area (Å²) in [6, 6.07) is 1.30. The molecular weight excluding hydrogens is 330 g/mol. The van der Waals surface area contributed by atoms with Gasteiger partial charge in [0.2, 0.25) is 5.09 Å². The Balaban J connectivity index is 0.00000242. The van der Waals surface area contributed by atoms with Crippen molar-refractivity contribution in [2.45, 2.75) is 37.3 Å². The lowest BCUT2D eigenvalue weighted by Gasteiger charge is -2.19. The maximum absolute atomic E-state index is 12.3. The van der Waals surface area contributed by atoms with E-state index < -0.39 is 10.0 Å². The molecule has 1 aliphatic carbocycles. The molecule has 1 aromatic heterocycles. The van der Waals surface area contributed by atoms with Crippen LogP contribution in [-0.2, 0) is 10.0 Å². The highest BCUT2D eigenvalue weighted by Crippen LogP contribution is 2.26. The third-order valence-electron chi connectivity index (χ3n) is 3.95. The van der Waals surface area contributed by atoms with Gasteiger partial charge >= 0.3 is 0 Å². The number of nitrogens with two attached hydrogens (primary N) is 1. The molecule has 0 radical (unpaired) electrons. The average Bonchev–Trinajstić information content (AvgIpc) is 3.05. The number of carbonyl (C=O) groups excluding carboxylic acids is 1. The highest BCUT2D eigenvalue weighted by Gasteiger charge is 2.29. The summed E-state index contributed by atoms with van der Waals surface area (Å²) in [7, 11) is -2.40. The fourth-order valence-electron chi connectivity index (χ4n) is 2.67. The van der Waals surface area contributed by atoms with Crippen LogP contribution in [0.25, 0.3) is 0 Å². The van der Waals surface area contributed by atoms with Crippen molar-refractivity contribution in [1.29, 1.82) is 0 Å². The minimum atomic E-state index is -3.69. The Labute approximate surface area is 136 Å². The molecule has 1 heterocycles. The van der Waals surface area contributed by atoms with E-state index >= 15 is 0 Å². The highest BCUT2D eigenvalue weighted by molar-refractivity contribution is 7.89. The van der Waals surface area contributed by atoms with Gasteiger partial charge in [-0.1, -0.05) is 6.42 Å². The van der Waals surface area contributed by atoms with Crippen LogP contribution in [0.2, 0.25) is 0 Å². The van der Waals surface area contributed by atoms with Crippen LogP contribution in [0.15, 0.2) is 15.6 Å². The normalized spacial score (nSPS) is 21.4. The predicted molar refractivity (Wildman–Crippen MR) is 84.6 cm³/mol. The van der Waals surface area contributed by atoms with Crippen LogP contribution in [0.4, 0.5) is 0 Å². The molecule has 22 heavy (non-hydrogen) atoms. The van der Waals surface area contributed by atoms with E-state index in [-0.39, 0.29) is 46.7 Å². The van der Waals surface area contributed by atoms with Crippen molar-refractivity contribution < 1.29 is 17.6 Å². The Bertz CT molecular complexity index is 629. The number of hydrogen-bond acceptors (Lipinski definition) is 5. The minimum absolute atomic E-state index is 0. The molecular formula is C13H22ClN3O4S. The van der Waals surface area contributed by atoms with Crippen LogP contribution in [0.5, 0.6) is 0 Å². The van der Waals surface area contributed by atoms with Gasteiger partial charge in [-0.3, -0.25) is 4.79 Å². The smallest absolute Gasteiger partial charge is 0.273 e. The first kappa shape index (κ1) is 19.0. The number of halogens is 1. The second-order valence-electron chi connectivity index (χ2n) is 5.25. The van der Waals surface area contributed by atoms with Gasteiger partial charge in [0.1, 0.15) is 5.76 Å². The third-order valence-corrected chi connectivity index (χ3v) is 5.22. The second kappa shape index (κ2) is 7.45. The van der Waals surface area contributed by atoms with Crippen LogP contribution in [0, 0.1) is 12.8 Å². The number of aryl methyl sites for hydroxylation is 1. The van der Waals surface area contributed by atoms with Crippen molar-refractivity contribution in [1.82, 2.24) is 10.0 Å². The van der Waals surface area contributed by atoms with Crippen LogP contribution < -0.4 is 15.8 Å². The van der Waals surface area contributed by atoms with Crippen molar-refractivity contribution in [3.63, 3.8) is 0 Å². The molecule has 0 aliphatic heterocycles. The Kier molecular flexibility index (Phi) is 6.42. The molecule has 0 aromatic carbocycles. The van der Waals surface area contributed by atoms with Gasteiger partial charge < -0.3 is 15.5 Å². The zero-order valence-electron chi connectivity index (χ0n) is 12.6. The van der Waals surface area contributed by atoms with E-state index in [2.05, 4.69) is 10.0 Å². The van der Waals surface area contributed by atoms with Crippen molar-refractivity contribution >= 4 is 28.3 Å². The molecule has 2 rings (SSSR count). The van der Waals surface area contributed by atoms with Crippen molar-refractivity contribution in [3.8, 4) is 0 Å². The molecule has 1 aromatic rings. The van der Waals surface area contributed by atoms with Gasteiger partial charge in [0.15, 0.2) is 0 Å². The molecule has 1 amide bonds. The van der Waals surface area contributed by atoms with E-state index in [1.807, 2.05) is 0 Å². The zero-order chi connectivity index (χ0) is 15.6. The molecule has 9 heteroatoms. The SMILES string of the molecule is CNS(=O)(=O)c1cc(C(=O)NC2CCCC2CN)c(C)o1.Cl. The summed E-state index contributed by atoms with van der Waals surface area (Å²) in [5.41, 5.74) is 5.93. The summed E-state index contributed by atoms with van der Waals surface area (Å²) in [6.45, 7) is 2.10. The molecule has 0 bridgehead atoms. The number of amides is 1. The van der Waals surface area contributed by atoms with Crippen molar-refractivity contribution in [2.24, 2.45) is 11.7 Å². The molecule has 4 N–H and O–H groups in total. The summed E-state index contributed by atoms with van der Waals surface area (Å²) >= 11 is 0. The van der Waals surface area contributed by atoms with E-state index in [9.17, 15) is 13.2 Å². The summed E-state index contributed by atoms with van der Waals surface area (Å²) in [4.78, 5) is 12.3. The number of sulfonamides is 1. The number of rotatable bonds is 5. The Morgan fingerprint density at radius 3 is 2.73 bits per heavy atom. The lowest BCUT2D eigenvalue weighted by Crippen LogP contribution is -2.39. The number of carbonyl (C=O) groups is 1. The van der Waals surface area contributed by atoms with Crippen LogP contribution >= 0.6 is 12.4 Å². The predicted octanol–water partition coefficient (Wildman–Crippen LogP) is 0.775. The molecule has 2 unspecified atom stereocenters. The lowest BCUT2D eigenvalue weighted by atomic mass is 10.0. The molecule has 2 atom stereocenters. The van der Waals surface area contributed by atoms with E-state index in [1.54, 1.807) is 6.92 Å². The van der Waals surface area contributed by atoms with E-state index in [0.29, 0.717) is 6.54 Å². The number of nitrogens with one attached hydrogen (secondary N) is 2. The highest BCUT2D eigenvalue weighted by atomic mass is 35.5. The maximum atomic E-state index is 12.3. The average molecular weight is 352 g/mol. The minimum Gasteiger partial charge on any atom is -0.448 e. The number of hydrogen-bond donors (Lipinski definition) is 3. The fraction of sp³-hybridized carbons (Fsp3) is 0.615. The standard InChI is InChI=1S/C13H21N3O4S.ClH/c1-8-10(6-12(20-8)21(18,19)15-2)13(17)16-11-5-3-4-9(11)7-14;/h6,9,11,15H,3-5,7,14H2,1-2H3,(H,16,17);1H. The second-order valence-corrected chi connectivity index (χ2v) is 7.07. The summed E-state index contributed by atoms with van der Waals surface area (Å²) in [5.74, 6) is 0.240.